The summed E-state index contributed by atoms with van der Waals surface area (Å²) in [4.78, 5) is 12.0. The minimum Gasteiger partial charge on any atom is -0.464 e. The zero-order valence-electron chi connectivity index (χ0n) is 12.1. The number of furan rings is 1. The number of nitrogens with one attached hydrogen (secondary N) is 2. The third-order valence-corrected chi connectivity index (χ3v) is 4.02. The Morgan fingerprint density at radius 3 is 2.64 bits per heavy atom. The molecule has 0 radical (unpaired) electrons. The largest absolute Gasteiger partial charge is 0.464 e. The quantitative estimate of drug-likeness (QED) is 0.653. The van der Waals surface area contributed by atoms with Gasteiger partial charge in [0.2, 0.25) is 10.1 Å². The molecular weight excluding hydrogens is 381 g/mol. The second-order valence-corrected chi connectivity index (χ2v) is 6.07. The topological polar surface area (TPSA) is 80.0 Å². The van der Waals surface area contributed by atoms with E-state index in [1.54, 1.807) is 24.3 Å². The molecule has 0 unspecified atom stereocenters. The minimum atomic E-state index is -4.62. The van der Waals surface area contributed by atoms with Crippen molar-refractivity contribution in [2.75, 3.05) is 10.6 Å². The highest BCUT2D eigenvalue weighted by atomic mass is 35.5. The summed E-state index contributed by atoms with van der Waals surface area (Å²) >= 11 is 6.15. The zero-order valence-corrected chi connectivity index (χ0v) is 13.7. The standard InChI is InChI=1S/C14H8ClF3N4O2S/c15-7-3-4-8(10-2-1-5-24-10)9(6-7)19-12(23)20-13-22-21-11(25-13)14(16,17)18/h1-6H,(H2,19,20,22,23). The molecule has 0 saturated carbocycles. The molecule has 0 saturated heterocycles. The lowest BCUT2D eigenvalue weighted by atomic mass is 10.1. The van der Waals surface area contributed by atoms with Crippen molar-refractivity contribution in [3.8, 4) is 11.3 Å². The summed E-state index contributed by atoms with van der Waals surface area (Å²) < 4.78 is 42.8. The lowest BCUT2D eigenvalue weighted by molar-refractivity contribution is -0.138. The van der Waals surface area contributed by atoms with E-state index in [1.807, 2.05) is 0 Å². The maximum atomic E-state index is 12.5. The van der Waals surface area contributed by atoms with Crippen LogP contribution in [0.25, 0.3) is 11.3 Å². The summed E-state index contributed by atoms with van der Waals surface area (Å²) in [6.45, 7) is 0. The number of aromatic nitrogens is 2. The van der Waals surface area contributed by atoms with Crippen LogP contribution >= 0.6 is 22.9 Å². The number of rotatable bonds is 3. The molecule has 0 aliphatic rings. The molecule has 1 aromatic carbocycles. The number of halogens is 4. The zero-order chi connectivity index (χ0) is 18.0. The van der Waals surface area contributed by atoms with Gasteiger partial charge >= 0.3 is 12.2 Å². The lowest BCUT2D eigenvalue weighted by Crippen LogP contribution is -2.19. The summed E-state index contributed by atoms with van der Waals surface area (Å²) in [5.41, 5.74) is 0.873. The van der Waals surface area contributed by atoms with E-state index in [1.165, 1.54) is 12.3 Å². The van der Waals surface area contributed by atoms with E-state index in [4.69, 9.17) is 16.0 Å². The SMILES string of the molecule is O=C(Nc1nnc(C(F)(F)F)s1)Nc1cc(Cl)ccc1-c1ccco1. The molecule has 6 nitrogen and oxygen atoms in total. The van der Waals surface area contributed by atoms with Gasteiger partial charge < -0.3 is 9.73 Å². The van der Waals surface area contributed by atoms with E-state index in [0.29, 0.717) is 22.0 Å². The summed E-state index contributed by atoms with van der Waals surface area (Å²) in [5, 5.41) is 9.89. The van der Waals surface area contributed by atoms with Crippen LogP contribution < -0.4 is 10.6 Å². The molecule has 0 fully saturated rings. The van der Waals surface area contributed by atoms with E-state index in [9.17, 15) is 18.0 Å². The fourth-order valence-electron chi connectivity index (χ4n) is 1.91. The van der Waals surface area contributed by atoms with Gasteiger partial charge in [0.05, 0.1) is 12.0 Å². The molecule has 3 rings (SSSR count). The first kappa shape index (κ1) is 17.2. The first-order valence-corrected chi connectivity index (χ1v) is 7.84. The number of carbonyl (C=O) groups is 1. The first-order valence-electron chi connectivity index (χ1n) is 6.65. The molecule has 0 aliphatic heterocycles. The molecule has 2 heterocycles. The van der Waals surface area contributed by atoms with E-state index in [0.717, 1.165) is 0 Å². The lowest BCUT2D eigenvalue weighted by Gasteiger charge is -2.10. The second-order valence-electron chi connectivity index (χ2n) is 4.66. The number of carbonyl (C=O) groups excluding carboxylic acids is 1. The average molecular weight is 389 g/mol. The van der Waals surface area contributed by atoms with Crippen molar-refractivity contribution in [1.29, 1.82) is 0 Å². The van der Waals surface area contributed by atoms with Crippen LogP contribution in [0.4, 0.5) is 28.8 Å². The number of urea groups is 1. The summed E-state index contributed by atoms with van der Waals surface area (Å²) in [5.74, 6) is 0.488. The number of benzene rings is 1. The second kappa shape index (κ2) is 6.73. The van der Waals surface area contributed by atoms with Crippen molar-refractivity contribution in [2.24, 2.45) is 0 Å². The molecule has 0 bridgehead atoms. The van der Waals surface area contributed by atoms with Gasteiger partial charge in [0, 0.05) is 10.6 Å². The van der Waals surface area contributed by atoms with E-state index >= 15 is 0 Å². The number of hydrogen-bond acceptors (Lipinski definition) is 5. The number of nitrogens with zero attached hydrogens (tertiary/aromatic N) is 2. The van der Waals surface area contributed by atoms with Crippen LogP contribution in [-0.2, 0) is 6.18 Å². The third-order valence-electron chi connectivity index (χ3n) is 2.90. The Morgan fingerprint density at radius 1 is 1.20 bits per heavy atom. The predicted octanol–water partition coefficient (Wildman–Crippen LogP) is 5.11. The Hall–Kier alpha value is -2.59. The van der Waals surface area contributed by atoms with Crippen LogP contribution in [0, 0.1) is 0 Å². The van der Waals surface area contributed by atoms with Crippen LogP contribution in [0.1, 0.15) is 5.01 Å². The molecule has 0 spiro atoms. The average Bonchev–Trinajstić information content (AvgIpc) is 3.18. The maximum absolute atomic E-state index is 12.5. The Kier molecular flexibility index (Phi) is 4.64. The van der Waals surface area contributed by atoms with Gasteiger partial charge in [0.15, 0.2) is 0 Å². The van der Waals surface area contributed by atoms with Crippen molar-refractivity contribution in [1.82, 2.24) is 10.2 Å². The molecule has 0 aliphatic carbocycles. The van der Waals surface area contributed by atoms with Gasteiger partial charge in [-0.1, -0.05) is 22.9 Å². The fraction of sp³-hybridized carbons (Fsp3) is 0.0714. The van der Waals surface area contributed by atoms with Gasteiger partial charge in [0.25, 0.3) is 0 Å². The van der Waals surface area contributed by atoms with E-state index in [-0.39, 0.29) is 16.5 Å². The Morgan fingerprint density at radius 2 is 2.00 bits per heavy atom. The van der Waals surface area contributed by atoms with Gasteiger partial charge in [-0.25, -0.2) is 4.79 Å². The van der Waals surface area contributed by atoms with E-state index in [2.05, 4.69) is 20.8 Å². The monoisotopic (exact) mass is 388 g/mol. The molecule has 2 amide bonds. The summed E-state index contributed by atoms with van der Waals surface area (Å²) in [7, 11) is 0. The fourth-order valence-corrected chi connectivity index (χ4v) is 2.68. The summed E-state index contributed by atoms with van der Waals surface area (Å²) in [6, 6.07) is 7.31. The summed E-state index contributed by atoms with van der Waals surface area (Å²) in [6.07, 6.45) is -3.15. The van der Waals surface area contributed by atoms with Crippen LogP contribution in [0.2, 0.25) is 5.02 Å². The number of anilines is 2. The molecule has 3 aromatic rings. The van der Waals surface area contributed by atoms with Crippen LogP contribution in [0.3, 0.4) is 0 Å². The molecule has 0 atom stereocenters. The molecule has 2 N–H and O–H groups in total. The van der Waals surface area contributed by atoms with Crippen molar-refractivity contribution >= 4 is 39.8 Å². The number of amides is 2. The van der Waals surface area contributed by atoms with E-state index < -0.39 is 17.2 Å². The maximum Gasteiger partial charge on any atom is 0.445 e. The molecular formula is C14H8ClF3N4O2S. The van der Waals surface area contributed by atoms with Crippen molar-refractivity contribution < 1.29 is 22.4 Å². The Labute approximate surface area is 147 Å². The molecule has 25 heavy (non-hydrogen) atoms. The Balaban J connectivity index is 1.77. The van der Waals surface area contributed by atoms with Gasteiger partial charge in [0.1, 0.15) is 5.76 Å². The van der Waals surface area contributed by atoms with Crippen LogP contribution in [0.15, 0.2) is 41.0 Å². The number of hydrogen-bond donors (Lipinski definition) is 2. The number of alkyl halides is 3. The van der Waals surface area contributed by atoms with Gasteiger partial charge in [-0.3, -0.25) is 5.32 Å². The van der Waals surface area contributed by atoms with Gasteiger partial charge in [-0.2, -0.15) is 13.2 Å². The molecule has 11 heteroatoms. The van der Waals surface area contributed by atoms with Crippen LogP contribution in [-0.4, -0.2) is 16.2 Å². The normalized spacial score (nSPS) is 11.4. The van der Waals surface area contributed by atoms with Crippen LogP contribution in [0.5, 0.6) is 0 Å². The van der Waals surface area contributed by atoms with Crippen molar-refractivity contribution in [3.05, 3.63) is 46.6 Å². The van der Waals surface area contributed by atoms with Crippen molar-refractivity contribution in [3.63, 3.8) is 0 Å². The third kappa shape index (κ3) is 4.09. The van der Waals surface area contributed by atoms with Gasteiger partial charge in [-0.05, 0) is 30.3 Å². The smallest absolute Gasteiger partial charge is 0.445 e. The molecule has 130 valence electrons. The van der Waals surface area contributed by atoms with Crippen molar-refractivity contribution in [2.45, 2.75) is 6.18 Å². The molecule has 2 aromatic heterocycles. The highest BCUT2D eigenvalue weighted by molar-refractivity contribution is 7.15. The van der Waals surface area contributed by atoms with Gasteiger partial charge in [-0.15, -0.1) is 10.2 Å². The first-order chi connectivity index (χ1) is 11.8. The minimum absolute atomic E-state index is 0.220. The highest BCUT2D eigenvalue weighted by Crippen LogP contribution is 2.34. The highest BCUT2D eigenvalue weighted by Gasteiger charge is 2.35. The predicted molar refractivity (Wildman–Crippen MR) is 86.7 cm³/mol. The Bertz CT molecular complexity index is 896.